The van der Waals surface area contributed by atoms with Crippen molar-refractivity contribution in [3.63, 3.8) is 0 Å². The van der Waals surface area contributed by atoms with E-state index < -0.39 is 6.10 Å². The molecule has 0 bridgehead atoms. The quantitative estimate of drug-likeness (QED) is 0.402. The van der Waals surface area contributed by atoms with E-state index in [-0.39, 0.29) is 23.2 Å². The van der Waals surface area contributed by atoms with Crippen LogP contribution >= 0.6 is 0 Å². The molecular formula is C23H28O2. The van der Waals surface area contributed by atoms with Gasteiger partial charge >= 0.3 is 5.97 Å². The lowest BCUT2D eigenvalue weighted by molar-refractivity contribution is -0.147. The van der Waals surface area contributed by atoms with Crippen molar-refractivity contribution in [3.8, 4) is 12.3 Å². The van der Waals surface area contributed by atoms with Gasteiger partial charge in [0.05, 0.1) is 5.92 Å². The number of benzene rings is 1. The monoisotopic (exact) mass is 336 g/mol. The summed E-state index contributed by atoms with van der Waals surface area (Å²) in [6, 6.07) is 9.96. The van der Waals surface area contributed by atoms with Crippen molar-refractivity contribution < 1.29 is 9.53 Å². The van der Waals surface area contributed by atoms with Crippen molar-refractivity contribution in [2.75, 3.05) is 0 Å². The van der Waals surface area contributed by atoms with Crippen LogP contribution in [0.4, 0.5) is 0 Å². The van der Waals surface area contributed by atoms with Gasteiger partial charge in [0.1, 0.15) is 0 Å². The minimum Gasteiger partial charge on any atom is -0.444 e. The van der Waals surface area contributed by atoms with Crippen LogP contribution in [0, 0.1) is 29.6 Å². The zero-order valence-electron chi connectivity index (χ0n) is 15.9. The number of hydrogen-bond donors (Lipinski definition) is 0. The highest BCUT2D eigenvalue weighted by Crippen LogP contribution is 2.60. The van der Waals surface area contributed by atoms with Gasteiger partial charge in [-0.25, -0.2) is 0 Å². The normalized spacial score (nSPS) is 22.5. The SMILES string of the molecule is C#CC(OC(=O)C1C(C=C(C)C)C1(C)C)C(=Cc1ccccc1)CC. The molecule has 132 valence electrons. The van der Waals surface area contributed by atoms with Crippen molar-refractivity contribution >= 4 is 12.0 Å². The van der Waals surface area contributed by atoms with Gasteiger partial charge in [-0.3, -0.25) is 4.79 Å². The van der Waals surface area contributed by atoms with Crippen LogP contribution in [-0.4, -0.2) is 12.1 Å². The number of rotatable bonds is 6. The Labute approximate surface area is 152 Å². The summed E-state index contributed by atoms with van der Waals surface area (Å²) in [4.78, 5) is 12.7. The maximum atomic E-state index is 12.7. The van der Waals surface area contributed by atoms with Crippen molar-refractivity contribution in [1.82, 2.24) is 0 Å². The molecule has 2 heteroatoms. The molecular weight excluding hydrogens is 308 g/mol. The smallest absolute Gasteiger partial charge is 0.311 e. The number of carbonyl (C=O) groups excluding carboxylic acids is 1. The van der Waals surface area contributed by atoms with Crippen LogP contribution in [0.5, 0.6) is 0 Å². The van der Waals surface area contributed by atoms with Crippen LogP contribution < -0.4 is 0 Å². The molecule has 1 aromatic carbocycles. The Morgan fingerprint density at radius 1 is 1.32 bits per heavy atom. The van der Waals surface area contributed by atoms with E-state index in [1.165, 1.54) is 5.57 Å². The Bertz CT molecular complexity index is 712. The van der Waals surface area contributed by atoms with Gasteiger partial charge in [0.2, 0.25) is 0 Å². The Hall–Kier alpha value is -2.27. The van der Waals surface area contributed by atoms with Gasteiger partial charge in [0.25, 0.3) is 0 Å². The fourth-order valence-corrected chi connectivity index (χ4v) is 3.33. The van der Waals surface area contributed by atoms with E-state index in [1.807, 2.05) is 43.3 Å². The van der Waals surface area contributed by atoms with E-state index in [0.717, 1.165) is 17.6 Å². The molecule has 0 amide bonds. The Kier molecular flexibility index (Phi) is 5.90. The largest absolute Gasteiger partial charge is 0.444 e. The van der Waals surface area contributed by atoms with Gasteiger partial charge in [-0.1, -0.05) is 74.7 Å². The van der Waals surface area contributed by atoms with Crippen LogP contribution in [0.15, 0.2) is 47.6 Å². The van der Waals surface area contributed by atoms with Crippen LogP contribution in [0.2, 0.25) is 0 Å². The summed E-state index contributed by atoms with van der Waals surface area (Å²) < 4.78 is 5.72. The maximum absolute atomic E-state index is 12.7. The van der Waals surface area contributed by atoms with Gasteiger partial charge in [-0.05, 0) is 42.7 Å². The number of terminal acetylenes is 1. The third-order valence-electron chi connectivity index (χ3n) is 4.96. The highest BCUT2D eigenvalue weighted by molar-refractivity contribution is 5.79. The molecule has 3 atom stereocenters. The molecule has 0 radical (unpaired) electrons. The van der Waals surface area contributed by atoms with Gasteiger partial charge < -0.3 is 4.74 Å². The van der Waals surface area contributed by atoms with Crippen molar-refractivity contribution in [2.45, 2.75) is 47.1 Å². The molecule has 0 aromatic heterocycles. The van der Waals surface area contributed by atoms with Crippen LogP contribution in [-0.2, 0) is 9.53 Å². The standard InChI is InChI=1S/C23H28O2/c1-7-18(15-17-12-10-9-11-13-17)20(8-2)25-22(24)21-19(14-16(3)4)23(21,5)6/h2,9-15,19-21H,7H2,1,3-6H3. The summed E-state index contributed by atoms with van der Waals surface area (Å²) >= 11 is 0. The average Bonchev–Trinajstić information content (AvgIpc) is 3.11. The minimum absolute atomic E-state index is 0.0664. The van der Waals surface area contributed by atoms with E-state index in [2.05, 4.69) is 39.7 Å². The molecule has 0 N–H and O–H groups in total. The lowest BCUT2D eigenvalue weighted by Gasteiger charge is -2.16. The molecule has 0 heterocycles. The van der Waals surface area contributed by atoms with E-state index in [1.54, 1.807) is 0 Å². The number of carbonyl (C=O) groups is 1. The highest BCUT2D eigenvalue weighted by Gasteiger charge is 2.61. The summed E-state index contributed by atoms with van der Waals surface area (Å²) in [5.74, 6) is 2.56. The molecule has 1 aliphatic rings. The summed E-state index contributed by atoms with van der Waals surface area (Å²) in [5.41, 5.74) is 3.16. The number of ether oxygens (including phenoxy) is 1. The molecule has 2 rings (SSSR count). The summed E-state index contributed by atoms with van der Waals surface area (Å²) in [6.07, 6.45) is 9.98. The minimum atomic E-state index is -0.610. The van der Waals surface area contributed by atoms with Crippen molar-refractivity contribution in [1.29, 1.82) is 0 Å². The lowest BCUT2D eigenvalue weighted by Crippen LogP contribution is -2.21. The number of allylic oxidation sites excluding steroid dienone is 2. The van der Waals surface area contributed by atoms with Gasteiger partial charge in [-0.2, -0.15) is 0 Å². The maximum Gasteiger partial charge on any atom is 0.311 e. The van der Waals surface area contributed by atoms with Crippen LogP contribution in [0.3, 0.4) is 0 Å². The molecule has 1 aliphatic carbocycles. The van der Waals surface area contributed by atoms with Gasteiger partial charge in [-0.15, -0.1) is 6.42 Å². The summed E-state index contributed by atoms with van der Waals surface area (Å²) in [6.45, 7) is 10.3. The first kappa shape index (κ1) is 19.1. The van der Waals surface area contributed by atoms with Crippen LogP contribution in [0.1, 0.15) is 46.6 Å². The Morgan fingerprint density at radius 2 is 1.96 bits per heavy atom. The number of esters is 1. The van der Waals surface area contributed by atoms with Gasteiger partial charge in [0, 0.05) is 0 Å². The van der Waals surface area contributed by atoms with E-state index in [0.29, 0.717) is 0 Å². The second-order valence-corrected chi connectivity index (χ2v) is 7.54. The first-order chi connectivity index (χ1) is 11.8. The molecule has 25 heavy (non-hydrogen) atoms. The third-order valence-corrected chi connectivity index (χ3v) is 4.96. The van der Waals surface area contributed by atoms with E-state index in [4.69, 9.17) is 11.2 Å². The second-order valence-electron chi connectivity index (χ2n) is 7.54. The second kappa shape index (κ2) is 7.74. The van der Waals surface area contributed by atoms with E-state index >= 15 is 0 Å². The molecule has 1 fully saturated rings. The zero-order valence-corrected chi connectivity index (χ0v) is 15.9. The Morgan fingerprint density at radius 3 is 2.48 bits per heavy atom. The predicted octanol–water partition coefficient (Wildman–Crippen LogP) is 5.26. The zero-order chi connectivity index (χ0) is 18.6. The van der Waals surface area contributed by atoms with Crippen molar-refractivity contribution in [3.05, 3.63) is 53.1 Å². The molecule has 0 saturated heterocycles. The topological polar surface area (TPSA) is 26.3 Å². The van der Waals surface area contributed by atoms with E-state index in [9.17, 15) is 4.79 Å². The first-order valence-corrected chi connectivity index (χ1v) is 8.88. The molecule has 0 aliphatic heterocycles. The summed E-state index contributed by atoms with van der Waals surface area (Å²) in [5, 5.41) is 0. The molecule has 2 nitrogen and oxygen atoms in total. The predicted molar refractivity (Wildman–Crippen MR) is 104 cm³/mol. The molecule has 3 unspecified atom stereocenters. The lowest BCUT2D eigenvalue weighted by atomic mass is 10.0. The Balaban J connectivity index is 2.14. The highest BCUT2D eigenvalue weighted by atomic mass is 16.5. The number of hydrogen-bond acceptors (Lipinski definition) is 2. The first-order valence-electron chi connectivity index (χ1n) is 8.88. The fraction of sp³-hybridized carbons (Fsp3) is 0.435. The molecule has 0 spiro atoms. The van der Waals surface area contributed by atoms with Crippen LogP contribution in [0.25, 0.3) is 6.08 Å². The molecule has 1 saturated carbocycles. The third kappa shape index (κ3) is 4.42. The van der Waals surface area contributed by atoms with Gasteiger partial charge in [0.15, 0.2) is 6.10 Å². The molecule has 1 aromatic rings. The summed E-state index contributed by atoms with van der Waals surface area (Å²) in [7, 11) is 0. The fourth-order valence-electron chi connectivity index (χ4n) is 3.33. The average molecular weight is 336 g/mol. The van der Waals surface area contributed by atoms with Crippen molar-refractivity contribution in [2.24, 2.45) is 17.3 Å².